The van der Waals surface area contributed by atoms with E-state index in [0.29, 0.717) is 13.0 Å². The molecule has 20 heavy (non-hydrogen) atoms. The minimum Gasteiger partial charge on any atom is -0.321 e. The van der Waals surface area contributed by atoms with Crippen LogP contribution in [0.1, 0.15) is 26.7 Å². The summed E-state index contributed by atoms with van der Waals surface area (Å²) in [5.74, 6) is -7.05. The molecule has 0 aliphatic rings. The number of rotatable bonds is 6. The van der Waals surface area contributed by atoms with Crippen molar-refractivity contribution in [3.8, 4) is 0 Å². The second-order valence-electron chi connectivity index (χ2n) is 4.60. The summed E-state index contributed by atoms with van der Waals surface area (Å²) in [5.41, 5.74) is -1.09. The van der Waals surface area contributed by atoms with E-state index in [1.807, 2.05) is 19.2 Å². The lowest BCUT2D eigenvalue weighted by atomic mass is 10.2. The molecule has 112 valence electrons. The van der Waals surface area contributed by atoms with Crippen LogP contribution in [0.15, 0.2) is 6.07 Å². The van der Waals surface area contributed by atoms with Gasteiger partial charge in [-0.15, -0.1) is 0 Å². The number of anilines is 1. The maximum absolute atomic E-state index is 13.3. The molecule has 1 aromatic rings. The van der Waals surface area contributed by atoms with Gasteiger partial charge in [0.2, 0.25) is 5.91 Å². The zero-order valence-electron chi connectivity index (χ0n) is 11.2. The Morgan fingerprint density at radius 1 is 1.15 bits per heavy atom. The molecule has 2 N–H and O–H groups in total. The quantitative estimate of drug-likeness (QED) is 0.481. The maximum Gasteiger partial charge on any atom is 0.224 e. The standard InChI is InChI=1S/C13H16F4N2O/c1-7(2)18-5-3-4-10(20)19-13-11(16)8(14)6-9(15)12(13)17/h6-7,18H,3-5H2,1-2H3,(H,19,20). The lowest BCUT2D eigenvalue weighted by Crippen LogP contribution is -2.25. The number of hydrogen-bond acceptors (Lipinski definition) is 2. The highest BCUT2D eigenvalue weighted by Gasteiger charge is 2.20. The number of amides is 1. The van der Waals surface area contributed by atoms with E-state index in [1.165, 1.54) is 0 Å². The molecule has 7 heteroatoms. The van der Waals surface area contributed by atoms with Crippen molar-refractivity contribution in [1.29, 1.82) is 0 Å². The molecule has 3 nitrogen and oxygen atoms in total. The van der Waals surface area contributed by atoms with Crippen LogP contribution in [0.3, 0.4) is 0 Å². The predicted molar refractivity (Wildman–Crippen MR) is 67.3 cm³/mol. The Balaban J connectivity index is 2.62. The number of hydrogen-bond donors (Lipinski definition) is 2. The maximum atomic E-state index is 13.3. The van der Waals surface area contributed by atoms with Crippen LogP contribution in [0.5, 0.6) is 0 Å². The molecule has 0 radical (unpaired) electrons. The van der Waals surface area contributed by atoms with Crippen molar-refractivity contribution in [3.05, 3.63) is 29.3 Å². The molecule has 1 rings (SSSR count). The molecule has 1 amide bonds. The Hall–Kier alpha value is -1.63. The highest BCUT2D eigenvalue weighted by molar-refractivity contribution is 5.90. The monoisotopic (exact) mass is 292 g/mol. The molecule has 0 bridgehead atoms. The smallest absolute Gasteiger partial charge is 0.224 e. The van der Waals surface area contributed by atoms with Crippen molar-refractivity contribution in [1.82, 2.24) is 5.32 Å². The highest BCUT2D eigenvalue weighted by atomic mass is 19.2. The van der Waals surface area contributed by atoms with Crippen LogP contribution in [0.25, 0.3) is 0 Å². The van der Waals surface area contributed by atoms with Gasteiger partial charge >= 0.3 is 0 Å². The normalized spacial score (nSPS) is 10.9. The fourth-order valence-corrected chi connectivity index (χ4v) is 1.52. The van der Waals surface area contributed by atoms with Crippen molar-refractivity contribution in [2.75, 3.05) is 11.9 Å². The Kier molecular flexibility index (Phi) is 5.94. The summed E-state index contributed by atoms with van der Waals surface area (Å²) in [6.07, 6.45) is 0.418. The van der Waals surface area contributed by atoms with Crippen LogP contribution in [-0.4, -0.2) is 18.5 Å². The van der Waals surface area contributed by atoms with Crippen molar-refractivity contribution >= 4 is 11.6 Å². The molecular formula is C13H16F4N2O. The van der Waals surface area contributed by atoms with Gasteiger partial charge in [-0.25, -0.2) is 17.6 Å². The molecule has 0 saturated carbocycles. The fourth-order valence-electron chi connectivity index (χ4n) is 1.52. The molecule has 0 heterocycles. The van der Waals surface area contributed by atoms with Gasteiger partial charge in [0.05, 0.1) is 0 Å². The number of nitrogens with one attached hydrogen (secondary N) is 2. The van der Waals surface area contributed by atoms with E-state index in [4.69, 9.17) is 0 Å². The van der Waals surface area contributed by atoms with E-state index in [1.54, 1.807) is 0 Å². The van der Waals surface area contributed by atoms with Gasteiger partial charge in [0, 0.05) is 18.5 Å². The zero-order chi connectivity index (χ0) is 15.3. The Morgan fingerprint density at radius 3 is 2.20 bits per heavy atom. The molecule has 0 aliphatic heterocycles. The van der Waals surface area contributed by atoms with E-state index in [0.717, 1.165) is 0 Å². The second kappa shape index (κ2) is 7.23. The summed E-state index contributed by atoms with van der Waals surface area (Å²) in [6, 6.07) is 0.345. The van der Waals surface area contributed by atoms with Crippen molar-refractivity contribution in [3.63, 3.8) is 0 Å². The van der Waals surface area contributed by atoms with Gasteiger partial charge < -0.3 is 10.6 Å². The van der Waals surface area contributed by atoms with E-state index < -0.39 is 34.9 Å². The molecule has 0 unspecified atom stereocenters. The molecule has 0 atom stereocenters. The lowest BCUT2D eigenvalue weighted by molar-refractivity contribution is -0.116. The van der Waals surface area contributed by atoms with E-state index >= 15 is 0 Å². The van der Waals surface area contributed by atoms with Crippen LogP contribution >= 0.6 is 0 Å². The van der Waals surface area contributed by atoms with Crippen LogP contribution in [-0.2, 0) is 4.79 Å². The van der Waals surface area contributed by atoms with E-state index in [9.17, 15) is 22.4 Å². The molecule has 0 aromatic heterocycles. The third kappa shape index (κ3) is 4.48. The minimum absolute atomic E-state index is 0.0171. The van der Waals surface area contributed by atoms with Crippen molar-refractivity contribution in [2.24, 2.45) is 0 Å². The summed E-state index contributed by atoms with van der Waals surface area (Å²) in [4.78, 5) is 11.5. The van der Waals surface area contributed by atoms with Gasteiger partial charge in [0.15, 0.2) is 23.3 Å². The number of carbonyl (C=O) groups is 1. The van der Waals surface area contributed by atoms with Crippen molar-refractivity contribution < 1.29 is 22.4 Å². The highest BCUT2D eigenvalue weighted by Crippen LogP contribution is 2.24. The molecule has 1 aromatic carbocycles. The topological polar surface area (TPSA) is 41.1 Å². The van der Waals surface area contributed by atoms with Crippen LogP contribution in [0.4, 0.5) is 23.2 Å². The predicted octanol–water partition coefficient (Wildman–Crippen LogP) is 2.96. The first-order valence-corrected chi connectivity index (χ1v) is 6.19. The first-order valence-electron chi connectivity index (χ1n) is 6.19. The van der Waals surface area contributed by atoms with E-state index in [-0.39, 0.29) is 18.5 Å². The van der Waals surface area contributed by atoms with Gasteiger partial charge in [0.25, 0.3) is 0 Å². The number of benzene rings is 1. The first kappa shape index (κ1) is 16.4. The zero-order valence-corrected chi connectivity index (χ0v) is 11.2. The minimum atomic E-state index is -1.61. The third-order valence-electron chi connectivity index (χ3n) is 2.51. The lowest BCUT2D eigenvalue weighted by Gasteiger charge is -2.10. The molecular weight excluding hydrogens is 276 g/mol. The second-order valence-corrected chi connectivity index (χ2v) is 4.60. The summed E-state index contributed by atoms with van der Waals surface area (Å²) < 4.78 is 52.4. The van der Waals surface area contributed by atoms with Gasteiger partial charge in [-0.05, 0) is 13.0 Å². The van der Waals surface area contributed by atoms with Gasteiger partial charge in [0.1, 0.15) is 5.69 Å². The summed E-state index contributed by atoms with van der Waals surface area (Å²) in [5, 5.41) is 4.91. The third-order valence-corrected chi connectivity index (χ3v) is 2.51. The molecule has 0 saturated heterocycles. The number of carbonyl (C=O) groups excluding carboxylic acids is 1. The number of halogens is 4. The van der Waals surface area contributed by atoms with Gasteiger partial charge in [-0.1, -0.05) is 13.8 Å². The SMILES string of the molecule is CC(C)NCCCC(=O)Nc1c(F)c(F)cc(F)c1F. The first-order chi connectivity index (χ1) is 9.32. The molecule has 0 aliphatic carbocycles. The summed E-state index contributed by atoms with van der Waals surface area (Å²) >= 11 is 0. The van der Waals surface area contributed by atoms with E-state index in [2.05, 4.69) is 5.32 Å². The Labute approximate surface area is 114 Å². The molecule has 0 fully saturated rings. The average Bonchev–Trinajstić information content (AvgIpc) is 2.37. The van der Waals surface area contributed by atoms with Crippen LogP contribution in [0.2, 0.25) is 0 Å². The Bertz CT molecular complexity index is 465. The molecule has 0 spiro atoms. The average molecular weight is 292 g/mol. The summed E-state index contributed by atoms with van der Waals surface area (Å²) in [6.45, 7) is 4.41. The fraction of sp³-hybridized carbons (Fsp3) is 0.462. The van der Waals surface area contributed by atoms with Crippen molar-refractivity contribution in [2.45, 2.75) is 32.7 Å². The largest absolute Gasteiger partial charge is 0.321 e. The van der Waals surface area contributed by atoms with Crippen LogP contribution in [0, 0.1) is 23.3 Å². The summed E-state index contributed by atoms with van der Waals surface area (Å²) in [7, 11) is 0. The van der Waals surface area contributed by atoms with Gasteiger partial charge in [-0.3, -0.25) is 4.79 Å². The Morgan fingerprint density at radius 2 is 1.70 bits per heavy atom. The van der Waals surface area contributed by atoms with Crippen LogP contribution < -0.4 is 10.6 Å². The van der Waals surface area contributed by atoms with Gasteiger partial charge in [-0.2, -0.15) is 0 Å².